The van der Waals surface area contributed by atoms with E-state index in [-0.39, 0.29) is 0 Å². The number of benzene rings is 1. The van der Waals surface area contributed by atoms with Gasteiger partial charge >= 0.3 is 0 Å². The monoisotopic (exact) mass is 257 g/mol. The molecular formula is C15H19N3O. The molecule has 0 amide bonds. The summed E-state index contributed by atoms with van der Waals surface area (Å²) in [5, 5.41) is 7.47. The summed E-state index contributed by atoms with van der Waals surface area (Å²) >= 11 is 0. The Hall–Kier alpha value is -1.84. The van der Waals surface area contributed by atoms with Crippen molar-refractivity contribution in [2.75, 3.05) is 11.9 Å². The van der Waals surface area contributed by atoms with Gasteiger partial charge in [-0.15, -0.1) is 0 Å². The van der Waals surface area contributed by atoms with Crippen LogP contribution in [0.25, 0.3) is 0 Å². The topological polar surface area (TPSA) is 51.0 Å². The number of nitrogens with one attached hydrogen (secondary N) is 1. The molecule has 0 bridgehead atoms. The van der Waals surface area contributed by atoms with Crippen LogP contribution in [0.2, 0.25) is 0 Å². The van der Waals surface area contributed by atoms with Crippen molar-refractivity contribution in [2.24, 2.45) is 0 Å². The minimum Gasteiger partial charge on any atom is -0.384 e. The third kappa shape index (κ3) is 2.78. The van der Waals surface area contributed by atoms with Crippen LogP contribution in [0.5, 0.6) is 0 Å². The largest absolute Gasteiger partial charge is 0.384 e. The molecule has 0 aliphatic heterocycles. The van der Waals surface area contributed by atoms with Crippen molar-refractivity contribution in [1.29, 1.82) is 0 Å². The summed E-state index contributed by atoms with van der Waals surface area (Å²) in [6.45, 7) is 2.92. The summed E-state index contributed by atoms with van der Waals surface area (Å²) in [4.78, 5) is 4.47. The first-order valence-electron chi connectivity index (χ1n) is 6.95. The highest BCUT2D eigenvalue weighted by Gasteiger charge is 2.24. The smallest absolute Gasteiger partial charge is 0.228 e. The van der Waals surface area contributed by atoms with Crippen LogP contribution in [0.4, 0.5) is 5.69 Å². The van der Waals surface area contributed by atoms with E-state index in [0.717, 1.165) is 24.7 Å². The number of hydrogen-bond donors (Lipinski definition) is 1. The molecule has 1 aliphatic rings. The highest BCUT2D eigenvalue weighted by molar-refractivity contribution is 5.50. The van der Waals surface area contributed by atoms with E-state index in [1.807, 2.05) is 12.1 Å². The van der Waals surface area contributed by atoms with Gasteiger partial charge in [0.05, 0.1) is 0 Å². The Morgan fingerprint density at radius 3 is 2.89 bits per heavy atom. The molecule has 0 atom stereocenters. The highest BCUT2D eigenvalue weighted by Crippen LogP contribution is 2.34. The molecule has 100 valence electrons. The first kappa shape index (κ1) is 12.2. The molecular weight excluding hydrogens is 238 g/mol. The van der Waals surface area contributed by atoms with Crippen molar-refractivity contribution >= 4 is 5.69 Å². The molecule has 1 N–H and O–H groups in total. The third-order valence-electron chi connectivity index (χ3n) is 3.75. The molecule has 0 unspecified atom stereocenters. The van der Waals surface area contributed by atoms with Gasteiger partial charge in [-0.05, 0) is 31.4 Å². The molecule has 1 saturated carbocycles. The summed E-state index contributed by atoms with van der Waals surface area (Å²) in [5.41, 5.74) is 2.42. The molecule has 0 spiro atoms. The number of rotatable bonds is 5. The highest BCUT2D eigenvalue weighted by atomic mass is 16.5. The van der Waals surface area contributed by atoms with Crippen LogP contribution in [0, 0.1) is 6.92 Å². The molecule has 0 radical (unpaired) electrons. The molecule has 1 aromatic carbocycles. The van der Waals surface area contributed by atoms with E-state index in [0.29, 0.717) is 5.92 Å². The minimum absolute atomic E-state index is 0.543. The van der Waals surface area contributed by atoms with Gasteiger partial charge in [0.2, 0.25) is 5.89 Å². The van der Waals surface area contributed by atoms with Crippen molar-refractivity contribution in [3.05, 3.63) is 41.5 Å². The molecule has 2 aromatic rings. The van der Waals surface area contributed by atoms with Gasteiger partial charge in [-0.3, -0.25) is 0 Å². The molecule has 4 nitrogen and oxygen atoms in total. The van der Waals surface area contributed by atoms with Gasteiger partial charge in [0.25, 0.3) is 0 Å². The van der Waals surface area contributed by atoms with Gasteiger partial charge < -0.3 is 9.84 Å². The Balaban J connectivity index is 1.52. The van der Waals surface area contributed by atoms with Gasteiger partial charge in [-0.1, -0.05) is 29.8 Å². The fourth-order valence-corrected chi connectivity index (χ4v) is 2.28. The second-order valence-corrected chi connectivity index (χ2v) is 5.17. The predicted molar refractivity (Wildman–Crippen MR) is 74.3 cm³/mol. The summed E-state index contributed by atoms with van der Waals surface area (Å²) in [6, 6.07) is 8.27. The van der Waals surface area contributed by atoms with E-state index >= 15 is 0 Å². The number of aromatic nitrogens is 2. The zero-order valence-electron chi connectivity index (χ0n) is 11.2. The van der Waals surface area contributed by atoms with Crippen molar-refractivity contribution in [1.82, 2.24) is 10.1 Å². The van der Waals surface area contributed by atoms with E-state index in [1.54, 1.807) is 0 Å². The Bertz CT molecular complexity index is 546. The Morgan fingerprint density at radius 1 is 1.32 bits per heavy atom. The summed E-state index contributed by atoms with van der Waals surface area (Å²) < 4.78 is 5.29. The molecule has 19 heavy (non-hydrogen) atoms. The number of hydrogen-bond acceptors (Lipinski definition) is 4. The number of anilines is 1. The zero-order valence-corrected chi connectivity index (χ0v) is 11.2. The summed E-state index contributed by atoms with van der Waals surface area (Å²) in [7, 11) is 0. The fraction of sp³-hybridized carbons (Fsp3) is 0.467. The molecule has 1 aliphatic carbocycles. The maximum atomic E-state index is 5.29. The van der Waals surface area contributed by atoms with Crippen LogP contribution in [-0.2, 0) is 6.42 Å². The average Bonchev–Trinajstić information content (AvgIpc) is 2.78. The summed E-state index contributed by atoms with van der Waals surface area (Å²) in [5.74, 6) is 2.18. The molecule has 1 fully saturated rings. The van der Waals surface area contributed by atoms with Gasteiger partial charge in [-0.2, -0.15) is 4.98 Å². The molecule has 0 saturated heterocycles. The van der Waals surface area contributed by atoms with Gasteiger partial charge in [0, 0.05) is 24.6 Å². The van der Waals surface area contributed by atoms with E-state index in [1.165, 1.54) is 30.5 Å². The molecule has 3 rings (SSSR count). The third-order valence-corrected chi connectivity index (χ3v) is 3.75. The van der Waals surface area contributed by atoms with E-state index in [2.05, 4.69) is 34.5 Å². The van der Waals surface area contributed by atoms with Crippen molar-refractivity contribution in [3.8, 4) is 0 Å². The first-order valence-corrected chi connectivity index (χ1v) is 6.95. The van der Waals surface area contributed by atoms with Crippen molar-refractivity contribution in [3.63, 3.8) is 0 Å². The lowest BCUT2D eigenvalue weighted by molar-refractivity contribution is 0.348. The van der Waals surface area contributed by atoms with Gasteiger partial charge in [0.1, 0.15) is 0 Å². The van der Waals surface area contributed by atoms with E-state index in [9.17, 15) is 0 Å². The Morgan fingerprint density at radius 2 is 2.16 bits per heavy atom. The SMILES string of the molecule is Cc1ccccc1NCCc1nc(C2CCC2)no1. The minimum atomic E-state index is 0.543. The lowest BCUT2D eigenvalue weighted by atomic mass is 9.85. The fourth-order valence-electron chi connectivity index (χ4n) is 2.28. The second-order valence-electron chi connectivity index (χ2n) is 5.17. The number of nitrogens with zero attached hydrogens (tertiary/aromatic N) is 2. The van der Waals surface area contributed by atoms with Crippen molar-refractivity contribution < 1.29 is 4.52 Å². The van der Waals surface area contributed by atoms with Gasteiger partial charge in [0.15, 0.2) is 5.82 Å². The maximum absolute atomic E-state index is 5.29. The second kappa shape index (κ2) is 5.43. The van der Waals surface area contributed by atoms with Crippen LogP contribution < -0.4 is 5.32 Å². The quantitative estimate of drug-likeness (QED) is 0.893. The van der Waals surface area contributed by atoms with Crippen LogP contribution in [0.1, 0.15) is 42.5 Å². The van der Waals surface area contributed by atoms with Gasteiger partial charge in [-0.25, -0.2) is 0 Å². The van der Waals surface area contributed by atoms with Crippen LogP contribution in [0.3, 0.4) is 0 Å². The van der Waals surface area contributed by atoms with E-state index < -0.39 is 0 Å². The van der Waals surface area contributed by atoms with Crippen LogP contribution in [0.15, 0.2) is 28.8 Å². The maximum Gasteiger partial charge on any atom is 0.228 e. The van der Waals surface area contributed by atoms with Crippen molar-refractivity contribution in [2.45, 2.75) is 38.5 Å². The average molecular weight is 257 g/mol. The first-order chi connectivity index (χ1) is 9.33. The lowest BCUT2D eigenvalue weighted by Gasteiger charge is -2.20. The Kier molecular flexibility index (Phi) is 3.49. The zero-order chi connectivity index (χ0) is 13.1. The summed E-state index contributed by atoms with van der Waals surface area (Å²) in [6.07, 6.45) is 4.48. The lowest BCUT2D eigenvalue weighted by Crippen LogP contribution is -2.10. The van der Waals surface area contributed by atoms with E-state index in [4.69, 9.17) is 4.52 Å². The van der Waals surface area contributed by atoms with Crippen LogP contribution in [-0.4, -0.2) is 16.7 Å². The molecule has 1 heterocycles. The van der Waals surface area contributed by atoms with Crippen LogP contribution >= 0.6 is 0 Å². The molecule has 1 aromatic heterocycles. The predicted octanol–water partition coefficient (Wildman–Crippen LogP) is 3.30. The normalized spacial score (nSPS) is 15.2. The number of para-hydroxylation sites is 1. The Labute approximate surface area is 113 Å². The number of aryl methyl sites for hydroxylation is 1. The standard InChI is InChI=1S/C15H19N3O/c1-11-5-2-3-8-13(11)16-10-9-14-17-15(18-19-14)12-6-4-7-12/h2-3,5,8,12,16H,4,6-7,9-10H2,1H3. The molecule has 4 heteroatoms.